The fourth-order valence-electron chi connectivity index (χ4n) is 5.64. The number of fused-ring (bicyclic) bond motifs is 3. The van der Waals surface area contributed by atoms with Crippen molar-refractivity contribution in [3.8, 4) is 16.9 Å². The molecular weight excluding hydrogens is 597 g/mol. The minimum absolute atomic E-state index is 0.110. The lowest BCUT2D eigenvalue weighted by atomic mass is 9.97. The van der Waals surface area contributed by atoms with Crippen LogP contribution in [0.1, 0.15) is 50.3 Å². The summed E-state index contributed by atoms with van der Waals surface area (Å²) in [7, 11) is -3.79. The van der Waals surface area contributed by atoms with E-state index in [0.29, 0.717) is 5.56 Å². The van der Waals surface area contributed by atoms with Crippen LogP contribution in [0.25, 0.3) is 11.1 Å². The summed E-state index contributed by atoms with van der Waals surface area (Å²) in [5, 5.41) is 12.2. The number of alkyl carbamates (subject to hydrolysis) is 1. The van der Waals surface area contributed by atoms with E-state index in [9.17, 15) is 19.3 Å². The summed E-state index contributed by atoms with van der Waals surface area (Å²) in [6.07, 6.45) is -3.14. The molecule has 1 heterocycles. The van der Waals surface area contributed by atoms with Gasteiger partial charge in [0.25, 0.3) is 0 Å². The second kappa shape index (κ2) is 13.3. The van der Waals surface area contributed by atoms with E-state index in [0.717, 1.165) is 22.3 Å². The van der Waals surface area contributed by atoms with Gasteiger partial charge in [-0.2, -0.15) is 0 Å². The van der Waals surface area contributed by atoms with E-state index in [2.05, 4.69) is 17.4 Å². The fourth-order valence-corrected chi connectivity index (χ4v) is 6.90. The Bertz CT molecular complexity index is 1520. The predicted molar refractivity (Wildman–Crippen MR) is 168 cm³/mol. The van der Waals surface area contributed by atoms with E-state index in [4.69, 9.17) is 23.3 Å². The molecule has 0 spiro atoms. The molecule has 3 aromatic rings. The Hall–Kier alpha value is -3.69. The lowest BCUT2D eigenvalue weighted by molar-refractivity contribution is -0.158. The van der Waals surface area contributed by atoms with Crippen LogP contribution in [-0.2, 0) is 34.7 Å². The third kappa shape index (κ3) is 7.59. The Balaban J connectivity index is 1.30. The summed E-state index contributed by atoms with van der Waals surface area (Å²) in [5.41, 5.74) is 4.32. The number of benzene rings is 3. The summed E-state index contributed by atoms with van der Waals surface area (Å²) < 4.78 is 42.7. The fraction of sp³-hybridized carbons (Fsp3) is 0.412. The van der Waals surface area contributed by atoms with Crippen molar-refractivity contribution >= 4 is 19.7 Å². The predicted octanol–water partition coefficient (Wildman–Crippen LogP) is 6.05. The van der Waals surface area contributed by atoms with Gasteiger partial charge in [-0.15, -0.1) is 0 Å². The van der Waals surface area contributed by atoms with E-state index >= 15 is 0 Å². The number of rotatable bonds is 10. The maximum atomic E-state index is 13.6. The minimum atomic E-state index is -3.79. The van der Waals surface area contributed by atoms with E-state index < -0.39 is 49.4 Å². The first-order valence-electron chi connectivity index (χ1n) is 15.0. The molecular formula is C34H40NO9P. The number of aliphatic hydroxyl groups excluding tert-OH is 1. The van der Waals surface area contributed by atoms with Crippen LogP contribution in [-0.4, -0.2) is 61.4 Å². The normalized spacial score (nSPS) is 22.2. The number of esters is 1. The third-order valence-electron chi connectivity index (χ3n) is 7.93. The molecule has 3 unspecified atom stereocenters. The number of nitrogens with one attached hydrogen (secondary N) is 1. The first-order valence-corrected chi connectivity index (χ1v) is 16.9. The molecule has 11 heteroatoms. The highest BCUT2D eigenvalue weighted by Gasteiger charge is 2.48. The molecule has 5 atom stereocenters. The molecule has 1 aliphatic heterocycles. The Morgan fingerprint density at radius 3 is 2.09 bits per heavy atom. The highest BCUT2D eigenvalue weighted by Crippen LogP contribution is 2.48. The minimum Gasteiger partial charge on any atom is -0.462 e. The highest BCUT2D eigenvalue weighted by molar-refractivity contribution is 7.53. The van der Waals surface area contributed by atoms with Crippen molar-refractivity contribution in [1.82, 2.24) is 5.32 Å². The number of hydrogen-bond donors (Lipinski definition) is 2. The number of amides is 1. The first kappa shape index (κ1) is 32.7. The second-order valence-corrected chi connectivity index (χ2v) is 14.4. The lowest BCUT2D eigenvalue weighted by Crippen LogP contribution is -2.49. The van der Waals surface area contributed by atoms with E-state index in [1.807, 2.05) is 36.4 Å². The van der Waals surface area contributed by atoms with Crippen molar-refractivity contribution in [2.75, 3.05) is 19.9 Å². The van der Waals surface area contributed by atoms with Gasteiger partial charge in [-0.1, -0.05) is 60.7 Å². The molecule has 5 rings (SSSR count). The molecule has 10 nitrogen and oxygen atoms in total. The molecule has 1 saturated heterocycles. The topological polar surface area (TPSA) is 130 Å². The largest absolute Gasteiger partial charge is 0.462 e. The maximum Gasteiger partial charge on any atom is 0.407 e. The summed E-state index contributed by atoms with van der Waals surface area (Å²) in [4.78, 5) is 25.8. The van der Waals surface area contributed by atoms with Gasteiger partial charge >= 0.3 is 19.7 Å². The highest BCUT2D eigenvalue weighted by atomic mass is 31.2. The zero-order valence-electron chi connectivity index (χ0n) is 26.1. The summed E-state index contributed by atoms with van der Waals surface area (Å²) in [5.74, 6) is -0.286. The van der Waals surface area contributed by atoms with Crippen molar-refractivity contribution < 1.29 is 42.5 Å². The van der Waals surface area contributed by atoms with Crippen LogP contribution in [0.5, 0.6) is 5.75 Å². The van der Waals surface area contributed by atoms with Gasteiger partial charge in [-0.25, -0.2) is 9.36 Å². The summed E-state index contributed by atoms with van der Waals surface area (Å²) in [6, 6.07) is 21.8. The van der Waals surface area contributed by atoms with Gasteiger partial charge in [0.2, 0.25) is 0 Å². The van der Waals surface area contributed by atoms with Crippen LogP contribution in [0.2, 0.25) is 0 Å². The van der Waals surface area contributed by atoms with Crippen LogP contribution < -0.4 is 9.84 Å². The molecule has 0 aromatic heterocycles. The van der Waals surface area contributed by atoms with Gasteiger partial charge in [0.15, 0.2) is 0 Å². The second-order valence-electron chi connectivity index (χ2n) is 12.5. The molecule has 240 valence electrons. The first-order chi connectivity index (χ1) is 21.4. The number of hydrogen-bond acceptors (Lipinski definition) is 9. The number of aliphatic hydroxyl groups is 1. The van der Waals surface area contributed by atoms with Crippen molar-refractivity contribution in [2.45, 2.75) is 64.6 Å². The lowest BCUT2D eigenvalue weighted by Gasteiger charge is -2.28. The molecule has 2 aliphatic rings. The van der Waals surface area contributed by atoms with Crippen LogP contribution in [0, 0.1) is 5.41 Å². The van der Waals surface area contributed by atoms with Crippen LogP contribution in [0.4, 0.5) is 4.79 Å². The molecule has 0 bridgehead atoms. The Kier molecular flexibility index (Phi) is 9.70. The molecule has 2 N–H and O–H groups in total. The number of ether oxygens (including phenoxy) is 3. The Morgan fingerprint density at radius 1 is 0.911 bits per heavy atom. The quantitative estimate of drug-likeness (QED) is 0.202. The molecule has 0 radical (unpaired) electrons. The maximum absolute atomic E-state index is 13.6. The number of carbonyl (C=O) groups excluding carboxylic acids is 2. The van der Waals surface area contributed by atoms with Gasteiger partial charge in [0, 0.05) is 12.6 Å². The zero-order valence-corrected chi connectivity index (χ0v) is 27.0. The molecule has 3 aromatic carbocycles. The number of carbonyl (C=O) groups is 2. The van der Waals surface area contributed by atoms with Crippen LogP contribution >= 0.6 is 7.60 Å². The summed E-state index contributed by atoms with van der Waals surface area (Å²) >= 11 is 0. The van der Waals surface area contributed by atoms with Gasteiger partial charge in [0.1, 0.15) is 31.2 Å². The molecule has 0 saturated carbocycles. The van der Waals surface area contributed by atoms with Gasteiger partial charge in [-0.05, 0) is 67.6 Å². The van der Waals surface area contributed by atoms with E-state index in [1.54, 1.807) is 52.0 Å². The standard InChI is InChI=1S/C34H40NO9P/c1-21-30(35-33(38)41-19-28-26-12-8-6-10-24(26)25-11-7-9-13-27(25)28)31(29(42-21)20-40-32(37)34(2,3)4)44-45(5,39)43-23-16-14-22(18-36)15-17-23/h6-17,21,28-31,36H,18-20H2,1-5H3,(H,35,38)/t21-,29+,30?,31?,45?/m0/s1. The van der Waals surface area contributed by atoms with Crippen LogP contribution in [0.3, 0.4) is 0 Å². The van der Waals surface area contributed by atoms with Crippen molar-refractivity contribution in [3.63, 3.8) is 0 Å². The van der Waals surface area contributed by atoms with E-state index in [-0.39, 0.29) is 31.5 Å². The monoisotopic (exact) mass is 637 g/mol. The van der Waals surface area contributed by atoms with Crippen molar-refractivity contribution in [1.29, 1.82) is 0 Å². The molecule has 45 heavy (non-hydrogen) atoms. The van der Waals surface area contributed by atoms with Crippen molar-refractivity contribution in [3.05, 3.63) is 89.5 Å². The van der Waals surface area contributed by atoms with Crippen molar-refractivity contribution in [2.24, 2.45) is 5.41 Å². The molecule has 1 aliphatic carbocycles. The smallest absolute Gasteiger partial charge is 0.407 e. The average Bonchev–Trinajstić information content (AvgIpc) is 3.47. The SMILES string of the molecule is C[C@@H]1O[C@H](COC(=O)C(C)(C)C)C(OP(C)(=O)Oc2ccc(CO)cc2)C1NC(=O)OCC1c2ccccc2-c2ccccc21. The Labute approximate surface area is 263 Å². The van der Waals surface area contributed by atoms with E-state index in [1.165, 1.54) is 6.66 Å². The van der Waals surface area contributed by atoms with Gasteiger partial charge in [0.05, 0.1) is 24.2 Å². The third-order valence-corrected chi connectivity index (χ3v) is 9.09. The molecule has 1 fully saturated rings. The van der Waals surface area contributed by atoms with Gasteiger partial charge in [-0.3, -0.25) is 9.32 Å². The zero-order chi connectivity index (χ0) is 32.4. The van der Waals surface area contributed by atoms with Crippen LogP contribution in [0.15, 0.2) is 72.8 Å². The Morgan fingerprint density at radius 2 is 1.51 bits per heavy atom. The van der Waals surface area contributed by atoms with Gasteiger partial charge < -0.3 is 29.2 Å². The average molecular weight is 638 g/mol. The summed E-state index contributed by atoms with van der Waals surface area (Å²) in [6.45, 7) is 8.05. The molecule has 1 amide bonds.